The first-order valence-electron chi connectivity index (χ1n) is 6.77. The minimum Gasteiger partial charge on any atom is -0.497 e. The highest BCUT2D eigenvalue weighted by Crippen LogP contribution is 2.17. The molecular formula is C17H21NO2. The van der Waals surface area contributed by atoms with Crippen LogP contribution in [0.5, 0.6) is 11.5 Å². The van der Waals surface area contributed by atoms with Crippen LogP contribution in [-0.2, 0) is 0 Å². The van der Waals surface area contributed by atoms with Crippen LogP contribution in [0, 0.1) is 13.8 Å². The highest BCUT2D eigenvalue weighted by molar-refractivity contribution is 5.48. The van der Waals surface area contributed by atoms with Gasteiger partial charge in [0.1, 0.15) is 18.1 Å². The molecule has 2 rings (SSSR count). The molecule has 3 nitrogen and oxygen atoms in total. The topological polar surface area (TPSA) is 30.5 Å². The number of aryl methyl sites for hydroxylation is 2. The lowest BCUT2D eigenvalue weighted by atomic mass is 10.1. The van der Waals surface area contributed by atoms with E-state index in [9.17, 15) is 0 Å². The third kappa shape index (κ3) is 3.92. The SMILES string of the molecule is COc1ccc(OCCNc2ccc(C)c(C)c2)cc1. The molecule has 0 aliphatic carbocycles. The van der Waals surface area contributed by atoms with Gasteiger partial charge in [0, 0.05) is 12.2 Å². The van der Waals surface area contributed by atoms with E-state index in [-0.39, 0.29) is 0 Å². The van der Waals surface area contributed by atoms with Crippen molar-refractivity contribution in [1.82, 2.24) is 0 Å². The molecule has 0 amide bonds. The summed E-state index contributed by atoms with van der Waals surface area (Å²) in [6.45, 7) is 5.63. The molecule has 2 aromatic rings. The van der Waals surface area contributed by atoms with E-state index in [4.69, 9.17) is 9.47 Å². The van der Waals surface area contributed by atoms with Gasteiger partial charge in [-0.15, -0.1) is 0 Å². The first-order chi connectivity index (χ1) is 9.69. The summed E-state index contributed by atoms with van der Waals surface area (Å²) in [7, 11) is 1.66. The van der Waals surface area contributed by atoms with Crippen LogP contribution in [0.25, 0.3) is 0 Å². The molecule has 0 spiro atoms. The number of hydrogen-bond acceptors (Lipinski definition) is 3. The lowest BCUT2D eigenvalue weighted by Gasteiger charge is -2.10. The molecule has 0 aromatic heterocycles. The molecule has 20 heavy (non-hydrogen) atoms. The standard InChI is InChI=1S/C17H21NO2/c1-13-4-5-15(12-14(13)2)18-10-11-20-17-8-6-16(19-3)7-9-17/h4-9,12,18H,10-11H2,1-3H3. The fourth-order valence-electron chi connectivity index (χ4n) is 1.89. The summed E-state index contributed by atoms with van der Waals surface area (Å²) in [5, 5.41) is 3.36. The van der Waals surface area contributed by atoms with Crippen LogP contribution >= 0.6 is 0 Å². The molecule has 0 atom stereocenters. The normalized spacial score (nSPS) is 10.2. The zero-order valence-electron chi connectivity index (χ0n) is 12.3. The van der Waals surface area contributed by atoms with Gasteiger partial charge in [0.05, 0.1) is 7.11 Å². The molecule has 106 valence electrons. The van der Waals surface area contributed by atoms with Gasteiger partial charge in [-0.1, -0.05) is 6.07 Å². The summed E-state index contributed by atoms with van der Waals surface area (Å²) in [4.78, 5) is 0. The lowest BCUT2D eigenvalue weighted by molar-refractivity contribution is 0.332. The average Bonchev–Trinajstić information content (AvgIpc) is 2.48. The lowest BCUT2D eigenvalue weighted by Crippen LogP contribution is -2.11. The Morgan fingerprint density at radius 3 is 2.25 bits per heavy atom. The maximum absolute atomic E-state index is 5.66. The molecular weight excluding hydrogens is 250 g/mol. The van der Waals surface area contributed by atoms with Gasteiger partial charge in [0.15, 0.2) is 0 Å². The van der Waals surface area contributed by atoms with Gasteiger partial charge in [-0.2, -0.15) is 0 Å². The Bertz CT molecular complexity index is 549. The van der Waals surface area contributed by atoms with Crippen LogP contribution in [0.4, 0.5) is 5.69 Å². The number of ether oxygens (including phenoxy) is 2. The Kier molecular flexibility index (Phi) is 4.88. The molecule has 0 aliphatic heterocycles. The van der Waals surface area contributed by atoms with E-state index in [1.165, 1.54) is 11.1 Å². The molecule has 0 radical (unpaired) electrons. The number of methoxy groups -OCH3 is 1. The maximum Gasteiger partial charge on any atom is 0.119 e. The van der Waals surface area contributed by atoms with Crippen LogP contribution in [0.3, 0.4) is 0 Å². The van der Waals surface area contributed by atoms with Gasteiger partial charge in [0.2, 0.25) is 0 Å². The molecule has 3 heteroatoms. The van der Waals surface area contributed by atoms with Crippen molar-refractivity contribution in [3.8, 4) is 11.5 Å². The molecule has 0 bridgehead atoms. The first-order valence-corrected chi connectivity index (χ1v) is 6.77. The van der Waals surface area contributed by atoms with Crippen LogP contribution in [0.2, 0.25) is 0 Å². The summed E-state index contributed by atoms with van der Waals surface area (Å²) in [6, 6.07) is 14.0. The van der Waals surface area contributed by atoms with E-state index in [1.807, 2.05) is 24.3 Å². The van der Waals surface area contributed by atoms with Crippen LogP contribution in [0.1, 0.15) is 11.1 Å². The van der Waals surface area contributed by atoms with Gasteiger partial charge in [0.25, 0.3) is 0 Å². The minimum absolute atomic E-state index is 0.624. The second-order valence-electron chi connectivity index (χ2n) is 4.75. The van der Waals surface area contributed by atoms with Crippen molar-refractivity contribution in [2.45, 2.75) is 13.8 Å². The van der Waals surface area contributed by atoms with E-state index in [2.05, 4.69) is 37.4 Å². The van der Waals surface area contributed by atoms with E-state index >= 15 is 0 Å². The third-order valence-electron chi connectivity index (χ3n) is 3.27. The number of rotatable bonds is 6. The monoisotopic (exact) mass is 271 g/mol. The molecule has 0 saturated carbocycles. The minimum atomic E-state index is 0.624. The molecule has 1 N–H and O–H groups in total. The Morgan fingerprint density at radius 2 is 1.60 bits per heavy atom. The summed E-state index contributed by atoms with van der Waals surface area (Å²) < 4.78 is 10.8. The quantitative estimate of drug-likeness (QED) is 0.811. The Morgan fingerprint density at radius 1 is 0.900 bits per heavy atom. The summed E-state index contributed by atoms with van der Waals surface area (Å²) in [5.41, 5.74) is 3.74. The molecule has 0 aliphatic rings. The molecule has 0 fully saturated rings. The summed E-state index contributed by atoms with van der Waals surface area (Å²) in [6.07, 6.45) is 0. The highest BCUT2D eigenvalue weighted by atomic mass is 16.5. The van der Waals surface area contributed by atoms with Crippen LogP contribution in [-0.4, -0.2) is 20.3 Å². The fourth-order valence-corrected chi connectivity index (χ4v) is 1.89. The van der Waals surface area contributed by atoms with E-state index in [0.717, 1.165) is 23.7 Å². The van der Waals surface area contributed by atoms with Gasteiger partial charge >= 0.3 is 0 Å². The Hall–Kier alpha value is -2.16. The van der Waals surface area contributed by atoms with Gasteiger partial charge in [-0.05, 0) is 61.4 Å². The predicted octanol–water partition coefficient (Wildman–Crippen LogP) is 3.80. The van der Waals surface area contributed by atoms with E-state index < -0.39 is 0 Å². The molecule has 0 unspecified atom stereocenters. The van der Waals surface area contributed by atoms with Crippen molar-refractivity contribution in [3.63, 3.8) is 0 Å². The summed E-state index contributed by atoms with van der Waals surface area (Å²) >= 11 is 0. The number of anilines is 1. The molecule has 0 heterocycles. The predicted molar refractivity (Wildman–Crippen MR) is 82.9 cm³/mol. The number of benzene rings is 2. The Balaban J connectivity index is 1.76. The van der Waals surface area contributed by atoms with E-state index in [0.29, 0.717) is 6.61 Å². The van der Waals surface area contributed by atoms with Crippen molar-refractivity contribution in [1.29, 1.82) is 0 Å². The largest absolute Gasteiger partial charge is 0.497 e. The van der Waals surface area contributed by atoms with Crippen LogP contribution < -0.4 is 14.8 Å². The van der Waals surface area contributed by atoms with Gasteiger partial charge in [-0.25, -0.2) is 0 Å². The maximum atomic E-state index is 5.66. The van der Waals surface area contributed by atoms with Crippen molar-refractivity contribution in [2.24, 2.45) is 0 Å². The number of hydrogen-bond donors (Lipinski definition) is 1. The Labute approximate surface area is 120 Å². The highest BCUT2D eigenvalue weighted by Gasteiger charge is 1.97. The van der Waals surface area contributed by atoms with E-state index in [1.54, 1.807) is 7.11 Å². The number of nitrogens with one attached hydrogen (secondary N) is 1. The van der Waals surface area contributed by atoms with Crippen molar-refractivity contribution >= 4 is 5.69 Å². The average molecular weight is 271 g/mol. The summed E-state index contributed by atoms with van der Waals surface area (Å²) in [5.74, 6) is 1.69. The second kappa shape index (κ2) is 6.85. The van der Waals surface area contributed by atoms with Crippen LogP contribution in [0.15, 0.2) is 42.5 Å². The molecule has 0 saturated heterocycles. The fraction of sp³-hybridized carbons (Fsp3) is 0.294. The van der Waals surface area contributed by atoms with Crippen molar-refractivity contribution in [2.75, 3.05) is 25.6 Å². The first kappa shape index (κ1) is 14.3. The smallest absolute Gasteiger partial charge is 0.119 e. The van der Waals surface area contributed by atoms with Gasteiger partial charge < -0.3 is 14.8 Å². The zero-order chi connectivity index (χ0) is 14.4. The van der Waals surface area contributed by atoms with Crippen molar-refractivity contribution < 1.29 is 9.47 Å². The zero-order valence-corrected chi connectivity index (χ0v) is 12.3. The van der Waals surface area contributed by atoms with Gasteiger partial charge in [-0.3, -0.25) is 0 Å². The van der Waals surface area contributed by atoms with Crippen molar-refractivity contribution in [3.05, 3.63) is 53.6 Å². The third-order valence-corrected chi connectivity index (χ3v) is 3.27. The second-order valence-corrected chi connectivity index (χ2v) is 4.75. The molecule has 2 aromatic carbocycles.